The maximum atomic E-state index is 12.7. The first-order valence-corrected chi connectivity index (χ1v) is 10.6. The van der Waals surface area contributed by atoms with Crippen LogP contribution in [0.15, 0.2) is 30.5 Å². The number of nitrogens with one attached hydrogen (secondary N) is 3. The van der Waals surface area contributed by atoms with E-state index in [1.165, 1.54) is 11.8 Å². The van der Waals surface area contributed by atoms with Crippen LogP contribution < -0.4 is 16.4 Å². The van der Waals surface area contributed by atoms with Crippen LogP contribution >= 0.6 is 0 Å². The number of H-pyrrole nitrogens is 1. The van der Waals surface area contributed by atoms with Gasteiger partial charge in [0.25, 0.3) is 0 Å². The summed E-state index contributed by atoms with van der Waals surface area (Å²) in [5, 5.41) is 15.6. The van der Waals surface area contributed by atoms with E-state index in [-0.39, 0.29) is 12.3 Å². The highest BCUT2D eigenvalue weighted by Crippen LogP contribution is 2.20. The number of carbonyl (C=O) groups excluding carboxylic acids is 3. The predicted molar refractivity (Wildman–Crippen MR) is 118 cm³/mol. The third-order valence-electron chi connectivity index (χ3n) is 5.69. The number of likely N-dealkylation sites (tertiary alicyclic amines) is 1. The van der Waals surface area contributed by atoms with Crippen LogP contribution in [0.3, 0.4) is 0 Å². The molecular weight excluding hydrogens is 414 g/mol. The average Bonchev–Trinajstić information content (AvgIpc) is 3.40. The second kappa shape index (κ2) is 9.82. The quantitative estimate of drug-likeness (QED) is 0.390. The second-order valence-corrected chi connectivity index (χ2v) is 8.17. The molecule has 1 aliphatic heterocycles. The van der Waals surface area contributed by atoms with Gasteiger partial charge < -0.3 is 31.4 Å². The van der Waals surface area contributed by atoms with Crippen LogP contribution in [0.4, 0.5) is 0 Å². The minimum atomic E-state index is -1.17. The summed E-state index contributed by atoms with van der Waals surface area (Å²) in [6.07, 6.45) is 2.97. The molecule has 0 bridgehead atoms. The van der Waals surface area contributed by atoms with Crippen LogP contribution in [0.2, 0.25) is 0 Å². The summed E-state index contributed by atoms with van der Waals surface area (Å²) in [6, 6.07) is 3.94. The van der Waals surface area contributed by atoms with E-state index in [0.717, 1.165) is 16.5 Å². The van der Waals surface area contributed by atoms with E-state index in [0.29, 0.717) is 19.4 Å². The highest BCUT2D eigenvalue weighted by Gasteiger charge is 2.36. The molecule has 1 aromatic heterocycles. The Morgan fingerprint density at radius 3 is 2.62 bits per heavy atom. The molecule has 2 aromatic rings. The smallest absolute Gasteiger partial charge is 0.326 e. The van der Waals surface area contributed by atoms with Gasteiger partial charge in [-0.2, -0.15) is 0 Å². The predicted octanol–water partition coefficient (Wildman–Crippen LogP) is 0.123. The van der Waals surface area contributed by atoms with Crippen molar-refractivity contribution in [2.45, 2.75) is 57.3 Å². The molecule has 32 heavy (non-hydrogen) atoms. The fourth-order valence-corrected chi connectivity index (χ4v) is 3.96. The monoisotopic (exact) mass is 443 g/mol. The molecule has 10 nitrogen and oxygen atoms in total. The fourth-order valence-electron chi connectivity index (χ4n) is 3.96. The summed E-state index contributed by atoms with van der Waals surface area (Å²) in [6.45, 7) is 3.47. The van der Waals surface area contributed by atoms with Crippen molar-refractivity contribution in [3.05, 3.63) is 36.0 Å². The first-order chi connectivity index (χ1) is 15.2. The van der Waals surface area contributed by atoms with E-state index in [2.05, 4.69) is 15.6 Å². The molecule has 1 fully saturated rings. The van der Waals surface area contributed by atoms with Crippen LogP contribution in [0.1, 0.15) is 32.3 Å². The van der Waals surface area contributed by atoms with Crippen molar-refractivity contribution in [2.75, 3.05) is 6.54 Å². The molecule has 0 saturated carbocycles. The lowest BCUT2D eigenvalue weighted by Crippen LogP contribution is -2.55. The third-order valence-corrected chi connectivity index (χ3v) is 5.69. The molecule has 1 aliphatic rings. The van der Waals surface area contributed by atoms with Crippen LogP contribution in [0.25, 0.3) is 10.9 Å². The highest BCUT2D eigenvalue weighted by atomic mass is 16.4. The highest BCUT2D eigenvalue weighted by molar-refractivity contribution is 5.94. The van der Waals surface area contributed by atoms with Gasteiger partial charge in [-0.15, -0.1) is 0 Å². The Hall–Kier alpha value is -3.40. The summed E-state index contributed by atoms with van der Waals surface area (Å²) in [7, 11) is 0. The molecule has 0 spiro atoms. The van der Waals surface area contributed by atoms with Gasteiger partial charge in [0.1, 0.15) is 18.1 Å². The van der Waals surface area contributed by atoms with E-state index >= 15 is 0 Å². The van der Waals surface area contributed by atoms with Gasteiger partial charge in [-0.25, -0.2) is 4.79 Å². The van der Waals surface area contributed by atoms with E-state index in [1.54, 1.807) is 13.1 Å². The summed E-state index contributed by atoms with van der Waals surface area (Å²) in [5.41, 5.74) is 7.30. The molecule has 2 heterocycles. The lowest BCUT2D eigenvalue weighted by atomic mass is 10.0. The van der Waals surface area contributed by atoms with Crippen molar-refractivity contribution in [2.24, 2.45) is 5.73 Å². The number of aromatic amines is 1. The summed E-state index contributed by atoms with van der Waals surface area (Å²) in [4.78, 5) is 53.8. The van der Waals surface area contributed by atoms with Crippen molar-refractivity contribution in [1.82, 2.24) is 20.5 Å². The van der Waals surface area contributed by atoms with Crippen molar-refractivity contribution >= 4 is 34.6 Å². The van der Waals surface area contributed by atoms with E-state index in [9.17, 15) is 24.3 Å². The molecule has 0 aliphatic carbocycles. The van der Waals surface area contributed by atoms with Gasteiger partial charge in [0.05, 0.1) is 6.04 Å². The molecule has 1 saturated heterocycles. The fraction of sp³-hybridized carbons (Fsp3) is 0.455. The van der Waals surface area contributed by atoms with Crippen LogP contribution in [-0.4, -0.2) is 69.4 Å². The van der Waals surface area contributed by atoms with Gasteiger partial charge in [0, 0.05) is 30.1 Å². The Bertz CT molecular complexity index is 1020. The number of carboxylic acid groups (broad SMARTS) is 1. The van der Waals surface area contributed by atoms with Gasteiger partial charge in [-0.3, -0.25) is 14.4 Å². The maximum Gasteiger partial charge on any atom is 0.326 e. The van der Waals surface area contributed by atoms with E-state index in [1.807, 2.05) is 24.3 Å². The molecule has 4 atom stereocenters. The standard InChI is InChI=1S/C22H29N5O5/c1-12(23)21(30)27-9-5-8-18(27)20(29)25-13(2)19(28)26-17(22(31)32)10-14-11-24-16-7-4-3-6-15(14)16/h3-4,6-7,11-13,17-18,24H,5,8-10,23H2,1-2H3,(H,25,29)(H,26,28)(H,31,32). The minimum absolute atomic E-state index is 0.0883. The first-order valence-electron chi connectivity index (χ1n) is 10.6. The number of para-hydroxylation sites is 1. The minimum Gasteiger partial charge on any atom is -0.480 e. The molecule has 6 N–H and O–H groups in total. The Morgan fingerprint density at radius 1 is 1.22 bits per heavy atom. The zero-order chi connectivity index (χ0) is 23.4. The lowest BCUT2D eigenvalue weighted by Gasteiger charge is -2.27. The Kier molecular flexibility index (Phi) is 7.14. The van der Waals surface area contributed by atoms with E-state index in [4.69, 9.17) is 5.73 Å². The summed E-state index contributed by atoms with van der Waals surface area (Å²) < 4.78 is 0. The Morgan fingerprint density at radius 2 is 1.94 bits per heavy atom. The number of fused-ring (bicyclic) bond motifs is 1. The van der Waals surface area contributed by atoms with Gasteiger partial charge in [0.2, 0.25) is 17.7 Å². The van der Waals surface area contributed by atoms with Gasteiger partial charge in [0.15, 0.2) is 0 Å². The number of amides is 3. The Balaban J connectivity index is 1.62. The SMILES string of the molecule is CC(N)C(=O)N1CCCC1C(=O)NC(C)C(=O)NC(Cc1c[nH]c2ccccc12)C(=O)O. The molecular formula is C22H29N5O5. The third kappa shape index (κ3) is 5.08. The topological polar surface area (TPSA) is 158 Å². The number of nitrogens with two attached hydrogens (primary N) is 1. The number of rotatable bonds is 8. The number of aliphatic carboxylic acids is 1. The summed E-state index contributed by atoms with van der Waals surface area (Å²) in [5.74, 6) is -2.56. The average molecular weight is 444 g/mol. The molecule has 0 radical (unpaired) electrons. The number of hydrogen-bond acceptors (Lipinski definition) is 5. The van der Waals surface area contributed by atoms with Gasteiger partial charge >= 0.3 is 5.97 Å². The molecule has 10 heteroatoms. The maximum absolute atomic E-state index is 12.7. The number of aromatic nitrogens is 1. The van der Waals surface area contributed by atoms with Crippen LogP contribution in [-0.2, 0) is 25.6 Å². The van der Waals surface area contributed by atoms with Crippen molar-refractivity contribution < 1.29 is 24.3 Å². The van der Waals surface area contributed by atoms with Crippen molar-refractivity contribution in [1.29, 1.82) is 0 Å². The normalized spacial score (nSPS) is 18.7. The van der Waals surface area contributed by atoms with Crippen molar-refractivity contribution in [3.63, 3.8) is 0 Å². The number of carbonyl (C=O) groups is 4. The zero-order valence-corrected chi connectivity index (χ0v) is 18.1. The Labute approximate surface area is 185 Å². The summed E-state index contributed by atoms with van der Waals surface area (Å²) >= 11 is 0. The van der Waals surface area contributed by atoms with Gasteiger partial charge in [-0.05, 0) is 38.3 Å². The first kappa shape index (κ1) is 23.3. The molecule has 4 unspecified atom stereocenters. The molecule has 3 amide bonds. The molecule has 172 valence electrons. The number of benzene rings is 1. The number of nitrogens with zero attached hydrogens (tertiary/aromatic N) is 1. The number of hydrogen-bond donors (Lipinski definition) is 5. The van der Waals surface area contributed by atoms with Crippen molar-refractivity contribution in [3.8, 4) is 0 Å². The molecule has 1 aromatic carbocycles. The van der Waals surface area contributed by atoms with E-state index < -0.39 is 42.0 Å². The number of carboxylic acids is 1. The van der Waals surface area contributed by atoms with Gasteiger partial charge in [-0.1, -0.05) is 18.2 Å². The second-order valence-electron chi connectivity index (χ2n) is 8.17. The van der Waals surface area contributed by atoms with Crippen LogP contribution in [0.5, 0.6) is 0 Å². The lowest BCUT2D eigenvalue weighted by molar-refractivity contribution is -0.142. The largest absolute Gasteiger partial charge is 0.480 e. The molecule has 3 rings (SSSR count). The zero-order valence-electron chi connectivity index (χ0n) is 18.1. The van der Waals surface area contributed by atoms with Crippen LogP contribution in [0, 0.1) is 0 Å².